The summed E-state index contributed by atoms with van der Waals surface area (Å²) in [5.74, 6) is -0.458. The predicted octanol–water partition coefficient (Wildman–Crippen LogP) is 5.02. The van der Waals surface area contributed by atoms with E-state index in [1.54, 1.807) is 52.0 Å². The van der Waals surface area contributed by atoms with Crippen LogP contribution in [0, 0.1) is 20.8 Å². The quantitative estimate of drug-likeness (QED) is 0.380. The summed E-state index contributed by atoms with van der Waals surface area (Å²) in [5, 5.41) is 12.2. The third kappa shape index (κ3) is 2.92. The van der Waals surface area contributed by atoms with Gasteiger partial charge in [-0.1, -0.05) is 30.3 Å². The first-order valence-corrected chi connectivity index (χ1v) is 9.68. The molecular formula is C24H21NO5. The number of esters is 1. The Labute approximate surface area is 173 Å². The van der Waals surface area contributed by atoms with Crippen LogP contribution in [0.5, 0.6) is 5.75 Å². The number of hydrogen-bond acceptors (Lipinski definition) is 6. The first-order chi connectivity index (χ1) is 14.3. The highest BCUT2D eigenvalue weighted by Crippen LogP contribution is 2.41. The minimum absolute atomic E-state index is 0.128. The molecule has 152 valence electrons. The number of ether oxygens (including phenoxy) is 1. The normalized spacial score (nSPS) is 11.2. The second-order valence-corrected chi connectivity index (χ2v) is 7.13. The first-order valence-electron chi connectivity index (χ1n) is 9.68. The van der Waals surface area contributed by atoms with Gasteiger partial charge in [0.25, 0.3) is 0 Å². The zero-order chi connectivity index (χ0) is 21.6. The number of furan rings is 1. The highest BCUT2D eigenvalue weighted by molar-refractivity contribution is 6.23. The van der Waals surface area contributed by atoms with Crippen molar-refractivity contribution in [2.24, 2.45) is 0 Å². The predicted molar refractivity (Wildman–Crippen MR) is 113 cm³/mol. The van der Waals surface area contributed by atoms with Crippen molar-refractivity contribution in [3.05, 3.63) is 70.2 Å². The highest BCUT2D eigenvalue weighted by Gasteiger charge is 2.27. The van der Waals surface area contributed by atoms with E-state index in [0.717, 1.165) is 0 Å². The maximum Gasteiger partial charge on any atom is 0.340 e. The highest BCUT2D eigenvalue weighted by atomic mass is 16.5. The van der Waals surface area contributed by atoms with Crippen LogP contribution in [0.15, 0.2) is 40.8 Å². The molecule has 0 aliphatic heterocycles. The van der Waals surface area contributed by atoms with E-state index < -0.39 is 5.97 Å². The molecule has 0 aliphatic rings. The Morgan fingerprint density at radius 1 is 1.03 bits per heavy atom. The standard InChI is InChI=1S/C24H21NO5/c1-5-29-24(28)19-13(3)25-12(2)18-21(19)17(26)11-16-20(14(4)30-23(16)18)22(27)15-9-7-6-8-10-15/h6-11,26H,5H2,1-4H3. The Morgan fingerprint density at radius 3 is 2.40 bits per heavy atom. The lowest BCUT2D eigenvalue weighted by Gasteiger charge is -2.13. The number of phenols is 1. The smallest absolute Gasteiger partial charge is 0.340 e. The summed E-state index contributed by atoms with van der Waals surface area (Å²) >= 11 is 0. The molecule has 30 heavy (non-hydrogen) atoms. The number of aromatic hydroxyl groups is 1. The molecule has 2 aromatic carbocycles. The zero-order valence-corrected chi connectivity index (χ0v) is 17.2. The van der Waals surface area contributed by atoms with Crippen LogP contribution in [-0.4, -0.2) is 28.4 Å². The summed E-state index contributed by atoms with van der Waals surface area (Å²) in [6, 6.07) is 10.4. The number of rotatable bonds is 4. The molecule has 0 bridgehead atoms. The van der Waals surface area contributed by atoms with Gasteiger partial charge in [-0.15, -0.1) is 0 Å². The average molecular weight is 403 g/mol. The molecule has 0 spiro atoms. The first kappa shape index (κ1) is 19.6. The lowest BCUT2D eigenvalue weighted by Crippen LogP contribution is -2.10. The number of hydrogen-bond donors (Lipinski definition) is 1. The molecule has 0 unspecified atom stereocenters. The number of carbonyl (C=O) groups excluding carboxylic acids is 2. The van der Waals surface area contributed by atoms with E-state index in [4.69, 9.17) is 9.15 Å². The van der Waals surface area contributed by atoms with Gasteiger partial charge in [-0.3, -0.25) is 9.78 Å². The number of aryl methyl sites for hydroxylation is 3. The van der Waals surface area contributed by atoms with Crippen LogP contribution in [0.3, 0.4) is 0 Å². The number of nitrogens with zero attached hydrogens (tertiary/aromatic N) is 1. The Bertz CT molecular complexity index is 1320. The molecule has 4 rings (SSSR count). The second-order valence-electron chi connectivity index (χ2n) is 7.13. The number of ketones is 1. The van der Waals surface area contributed by atoms with Crippen molar-refractivity contribution in [2.45, 2.75) is 27.7 Å². The van der Waals surface area contributed by atoms with Gasteiger partial charge < -0.3 is 14.3 Å². The largest absolute Gasteiger partial charge is 0.507 e. The van der Waals surface area contributed by atoms with Gasteiger partial charge in [0.1, 0.15) is 17.1 Å². The molecule has 0 saturated carbocycles. The molecule has 2 aromatic heterocycles. The SMILES string of the molecule is CCOC(=O)c1c(C)nc(C)c2c1c(O)cc1c(C(=O)c3ccccc3)c(C)oc12. The molecule has 0 atom stereocenters. The number of aromatic nitrogens is 1. The number of pyridine rings is 1. The number of benzene rings is 2. The minimum atomic E-state index is -0.564. The lowest BCUT2D eigenvalue weighted by molar-refractivity contribution is 0.0527. The van der Waals surface area contributed by atoms with Crippen LogP contribution in [-0.2, 0) is 4.74 Å². The van der Waals surface area contributed by atoms with Crippen LogP contribution in [0.4, 0.5) is 0 Å². The fourth-order valence-electron chi connectivity index (χ4n) is 3.95. The Hall–Kier alpha value is -3.67. The third-order valence-corrected chi connectivity index (χ3v) is 5.19. The van der Waals surface area contributed by atoms with Crippen molar-refractivity contribution >= 4 is 33.5 Å². The van der Waals surface area contributed by atoms with E-state index >= 15 is 0 Å². The van der Waals surface area contributed by atoms with Crippen LogP contribution in [0.25, 0.3) is 21.7 Å². The molecule has 0 saturated heterocycles. The van der Waals surface area contributed by atoms with E-state index in [1.807, 2.05) is 6.07 Å². The molecule has 0 aliphatic carbocycles. The van der Waals surface area contributed by atoms with Crippen molar-refractivity contribution in [1.82, 2.24) is 4.98 Å². The summed E-state index contributed by atoms with van der Waals surface area (Å²) in [6.07, 6.45) is 0. The van der Waals surface area contributed by atoms with Gasteiger partial charge in [-0.2, -0.15) is 0 Å². The molecule has 1 N–H and O–H groups in total. The molecule has 4 aromatic rings. The average Bonchev–Trinajstić information content (AvgIpc) is 3.03. The summed E-state index contributed by atoms with van der Waals surface area (Å²) in [6.45, 7) is 7.10. The van der Waals surface area contributed by atoms with Crippen LogP contribution < -0.4 is 0 Å². The molecule has 0 fully saturated rings. The number of carbonyl (C=O) groups is 2. The topological polar surface area (TPSA) is 89.6 Å². The van der Waals surface area contributed by atoms with Crippen molar-refractivity contribution in [1.29, 1.82) is 0 Å². The number of phenolic OH excluding ortho intramolecular Hbond substituents is 1. The Kier molecular flexibility index (Phi) is 4.78. The van der Waals surface area contributed by atoms with Gasteiger partial charge in [-0.25, -0.2) is 4.79 Å². The van der Waals surface area contributed by atoms with Crippen molar-refractivity contribution in [3.63, 3.8) is 0 Å². The van der Waals surface area contributed by atoms with Gasteiger partial charge in [0.15, 0.2) is 5.78 Å². The Balaban J connectivity index is 2.08. The van der Waals surface area contributed by atoms with Gasteiger partial charge >= 0.3 is 5.97 Å². The van der Waals surface area contributed by atoms with E-state index in [0.29, 0.717) is 50.0 Å². The molecular weight excluding hydrogens is 382 g/mol. The van der Waals surface area contributed by atoms with Crippen LogP contribution in [0.2, 0.25) is 0 Å². The van der Waals surface area contributed by atoms with Gasteiger partial charge in [0, 0.05) is 22.0 Å². The van der Waals surface area contributed by atoms with Crippen LogP contribution in [0.1, 0.15) is 50.4 Å². The monoisotopic (exact) mass is 403 g/mol. The van der Waals surface area contributed by atoms with Crippen molar-refractivity contribution < 1.29 is 23.8 Å². The summed E-state index contributed by atoms with van der Waals surface area (Å²) in [4.78, 5) is 30.2. The van der Waals surface area contributed by atoms with Crippen molar-refractivity contribution in [3.8, 4) is 5.75 Å². The fraction of sp³-hybridized carbons (Fsp3) is 0.208. The van der Waals surface area contributed by atoms with E-state index in [-0.39, 0.29) is 23.7 Å². The second kappa shape index (κ2) is 7.30. The van der Waals surface area contributed by atoms with E-state index in [1.165, 1.54) is 6.07 Å². The van der Waals surface area contributed by atoms with Gasteiger partial charge in [0.2, 0.25) is 0 Å². The fourth-order valence-corrected chi connectivity index (χ4v) is 3.95. The third-order valence-electron chi connectivity index (χ3n) is 5.19. The van der Waals surface area contributed by atoms with Gasteiger partial charge in [0.05, 0.1) is 28.8 Å². The zero-order valence-electron chi connectivity index (χ0n) is 17.2. The van der Waals surface area contributed by atoms with Gasteiger partial charge in [-0.05, 0) is 33.8 Å². The summed E-state index contributed by atoms with van der Waals surface area (Å²) in [7, 11) is 0. The van der Waals surface area contributed by atoms with E-state index in [2.05, 4.69) is 4.98 Å². The maximum absolute atomic E-state index is 13.2. The molecule has 0 amide bonds. The maximum atomic E-state index is 13.2. The molecule has 0 radical (unpaired) electrons. The van der Waals surface area contributed by atoms with Crippen LogP contribution >= 0.6 is 0 Å². The van der Waals surface area contributed by atoms with E-state index in [9.17, 15) is 14.7 Å². The summed E-state index contributed by atoms with van der Waals surface area (Å²) in [5.41, 5.74) is 2.55. The summed E-state index contributed by atoms with van der Waals surface area (Å²) < 4.78 is 11.2. The molecule has 6 heteroatoms. The lowest BCUT2D eigenvalue weighted by atomic mass is 9.95. The minimum Gasteiger partial charge on any atom is -0.507 e. The van der Waals surface area contributed by atoms with Crippen molar-refractivity contribution in [2.75, 3.05) is 6.61 Å². The molecule has 2 heterocycles. The molecule has 6 nitrogen and oxygen atoms in total. The Morgan fingerprint density at radius 2 is 1.73 bits per heavy atom. The number of fused-ring (bicyclic) bond motifs is 3.